The van der Waals surface area contributed by atoms with Crippen LogP contribution in [0.2, 0.25) is 0 Å². The van der Waals surface area contributed by atoms with Crippen LogP contribution in [0.5, 0.6) is 5.75 Å². The van der Waals surface area contributed by atoms with Crippen LogP contribution >= 0.6 is 0 Å². The molecule has 31 heavy (non-hydrogen) atoms. The van der Waals surface area contributed by atoms with Crippen LogP contribution in [-0.2, 0) is 0 Å². The van der Waals surface area contributed by atoms with Gasteiger partial charge in [0.2, 0.25) is 0 Å². The van der Waals surface area contributed by atoms with E-state index in [0.29, 0.717) is 29.0 Å². The summed E-state index contributed by atoms with van der Waals surface area (Å²) in [5.41, 5.74) is 1.97. The number of piperidine rings is 2. The number of alkyl halides is 1. The lowest BCUT2D eigenvalue weighted by molar-refractivity contribution is 0.0851. The summed E-state index contributed by atoms with van der Waals surface area (Å²) in [5.74, 6) is 1.32. The van der Waals surface area contributed by atoms with Crippen LogP contribution < -0.4 is 10.2 Å². The number of anilines is 1. The molecule has 4 heterocycles. The quantitative estimate of drug-likeness (QED) is 0.671. The fourth-order valence-corrected chi connectivity index (χ4v) is 5.04. The van der Waals surface area contributed by atoms with Gasteiger partial charge in [-0.3, -0.25) is 0 Å². The number of phenols is 1. The van der Waals surface area contributed by atoms with Crippen molar-refractivity contribution < 1.29 is 9.50 Å². The zero-order valence-corrected chi connectivity index (χ0v) is 17.7. The molecule has 0 saturated carbocycles. The van der Waals surface area contributed by atoms with E-state index >= 15 is 4.39 Å². The van der Waals surface area contributed by atoms with Gasteiger partial charge in [0.25, 0.3) is 0 Å². The topological polar surface area (TPSA) is 79.1 Å². The van der Waals surface area contributed by atoms with E-state index in [9.17, 15) is 5.11 Å². The Morgan fingerprint density at radius 2 is 2.03 bits per heavy atom. The van der Waals surface area contributed by atoms with Gasteiger partial charge in [0, 0.05) is 43.2 Å². The fraction of sp³-hybridized carbons (Fsp3) is 0.435. The van der Waals surface area contributed by atoms with Crippen molar-refractivity contribution in [1.29, 1.82) is 0 Å². The second-order valence-electron chi connectivity index (χ2n) is 8.85. The highest BCUT2D eigenvalue weighted by Crippen LogP contribution is 2.35. The number of imidazole rings is 1. The number of rotatable bonds is 4. The van der Waals surface area contributed by atoms with Crippen LogP contribution in [0.1, 0.15) is 26.2 Å². The van der Waals surface area contributed by atoms with Crippen LogP contribution in [0, 0.1) is 5.92 Å². The summed E-state index contributed by atoms with van der Waals surface area (Å²) in [4.78, 5) is 5.94. The minimum atomic E-state index is -0.940. The first-order chi connectivity index (χ1) is 15.0. The molecule has 1 aromatic carbocycles. The maximum atomic E-state index is 15.2. The van der Waals surface area contributed by atoms with Gasteiger partial charge >= 0.3 is 0 Å². The smallest absolute Gasteiger partial charge is 0.151 e. The van der Waals surface area contributed by atoms with E-state index in [1.165, 1.54) is 0 Å². The average molecular weight is 423 g/mol. The maximum Gasteiger partial charge on any atom is 0.151 e. The number of fused-ring (bicyclic) bond motifs is 2. The lowest BCUT2D eigenvalue weighted by atomic mass is 9.77. The molecule has 0 amide bonds. The number of nitrogens with zero attached hydrogens (tertiary/aromatic N) is 5. The highest BCUT2D eigenvalue weighted by molar-refractivity contribution is 5.69. The summed E-state index contributed by atoms with van der Waals surface area (Å²) in [5, 5.41) is 22.6. The first-order valence-electron chi connectivity index (χ1n) is 10.8. The van der Waals surface area contributed by atoms with Crippen LogP contribution in [0.15, 0.2) is 49.1 Å². The van der Waals surface area contributed by atoms with Crippen molar-refractivity contribution in [3.8, 4) is 22.7 Å². The van der Waals surface area contributed by atoms with E-state index in [1.807, 2.05) is 47.0 Å². The monoisotopic (exact) mass is 422 g/mol. The normalized spacial score (nSPS) is 27.8. The van der Waals surface area contributed by atoms with E-state index < -0.39 is 6.17 Å². The van der Waals surface area contributed by atoms with Gasteiger partial charge in [-0.25, -0.2) is 9.37 Å². The molecular formula is C23H27FN6O. The Morgan fingerprint density at radius 3 is 2.74 bits per heavy atom. The number of nitrogens with one attached hydrogen (secondary N) is 1. The SMILES string of the molecule is CC1C[C@H]2C[C@H](N(C)c3ccc(-c4ccc(-n5ccnc5)cc4O)nn3)[C@@H](F)[C@@H](C1)N2. The van der Waals surface area contributed by atoms with Crippen molar-refractivity contribution in [3.05, 3.63) is 49.1 Å². The zero-order chi connectivity index (χ0) is 21.5. The molecule has 162 valence electrons. The number of aromatic hydroxyl groups is 1. The Morgan fingerprint density at radius 1 is 1.16 bits per heavy atom. The van der Waals surface area contributed by atoms with Gasteiger partial charge < -0.3 is 19.9 Å². The Kier molecular flexibility index (Phi) is 5.09. The van der Waals surface area contributed by atoms with E-state index in [4.69, 9.17) is 0 Å². The Bertz CT molecular complexity index is 1040. The minimum absolute atomic E-state index is 0.0897. The second-order valence-corrected chi connectivity index (χ2v) is 8.85. The summed E-state index contributed by atoms with van der Waals surface area (Å²) in [6, 6.07) is 9.08. The lowest BCUT2D eigenvalue weighted by Gasteiger charge is -2.47. The third-order valence-electron chi connectivity index (χ3n) is 6.64. The highest BCUT2D eigenvalue weighted by atomic mass is 19.1. The van der Waals surface area contributed by atoms with Crippen molar-refractivity contribution in [2.75, 3.05) is 11.9 Å². The number of benzene rings is 1. The molecule has 2 saturated heterocycles. The summed E-state index contributed by atoms with van der Waals surface area (Å²) in [6.45, 7) is 2.21. The molecule has 2 fully saturated rings. The average Bonchev–Trinajstić information content (AvgIpc) is 3.31. The fourth-order valence-electron chi connectivity index (χ4n) is 5.04. The molecule has 8 heteroatoms. The molecule has 2 aromatic heterocycles. The molecule has 1 unspecified atom stereocenters. The molecule has 0 spiro atoms. The molecule has 2 aliphatic heterocycles. The maximum absolute atomic E-state index is 15.2. The molecule has 5 rings (SSSR count). The van der Waals surface area contributed by atoms with Crippen LogP contribution in [0.4, 0.5) is 10.2 Å². The van der Waals surface area contributed by atoms with Crippen LogP contribution in [-0.4, -0.2) is 56.2 Å². The molecule has 2 N–H and O–H groups in total. The number of hydrogen-bond acceptors (Lipinski definition) is 6. The van der Waals surface area contributed by atoms with Crippen molar-refractivity contribution >= 4 is 5.82 Å². The van der Waals surface area contributed by atoms with E-state index in [0.717, 1.165) is 24.9 Å². The third-order valence-corrected chi connectivity index (χ3v) is 6.64. The number of hydrogen-bond donors (Lipinski definition) is 2. The van der Waals surface area contributed by atoms with Gasteiger partial charge in [-0.15, -0.1) is 10.2 Å². The van der Waals surface area contributed by atoms with Crippen molar-refractivity contribution in [2.45, 2.75) is 50.5 Å². The van der Waals surface area contributed by atoms with Crippen LogP contribution in [0.3, 0.4) is 0 Å². The predicted octanol–water partition coefficient (Wildman–Crippen LogP) is 3.34. The highest BCUT2D eigenvalue weighted by Gasteiger charge is 2.43. The largest absolute Gasteiger partial charge is 0.507 e. The third kappa shape index (κ3) is 3.76. The van der Waals surface area contributed by atoms with Crippen molar-refractivity contribution in [3.63, 3.8) is 0 Å². The molecule has 2 aliphatic rings. The lowest BCUT2D eigenvalue weighted by Crippen LogP contribution is -2.62. The molecule has 2 bridgehead atoms. The standard InChI is InChI=1S/C23H27FN6O/c1-14-9-15-11-20(23(24)19(10-14)26-15)29(2)22-6-5-18(27-28-22)17-4-3-16(12-21(17)31)30-8-7-25-13-30/h3-8,12-15,19-20,23,26,31H,9-11H2,1-2H3/t14?,15-,19+,20-,23-/m0/s1. The van der Waals surface area contributed by atoms with Gasteiger partial charge in [0.1, 0.15) is 11.9 Å². The first-order valence-corrected chi connectivity index (χ1v) is 10.8. The van der Waals surface area contributed by atoms with Crippen molar-refractivity contribution in [1.82, 2.24) is 25.1 Å². The molecule has 5 atom stereocenters. The number of aromatic nitrogens is 4. The molecule has 0 aliphatic carbocycles. The summed E-state index contributed by atoms with van der Waals surface area (Å²) in [6.07, 6.45) is 6.96. The molecule has 7 nitrogen and oxygen atoms in total. The van der Waals surface area contributed by atoms with E-state index in [2.05, 4.69) is 27.4 Å². The molecular weight excluding hydrogens is 395 g/mol. The zero-order valence-electron chi connectivity index (χ0n) is 17.7. The van der Waals surface area contributed by atoms with E-state index in [1.54, 1.807) is 18.6 Å². The summed E-state index contributed by atoms with van der Waals surface area (Å²) >= 11 is 0. The summed E-state index contributed by atoms with van der Waals surface area (Å²) in [7, 11) is 1.89. The molecule has 3 aromatic rings. The molecule has 0 radical (unpaired) electrons. The van der Waals surface area contributed by atoms with Crippen molar-refractivity contribution in [2.24, 2.45) is 5.92 Å². The number of phenolic OH excluding ortho intramolecular Hbond substituents is 1. The van der Waals surface area contributed by atoms with Gasteiger partial charge in [0.05, 0.1) is 23.8 Å². The predicted molar refractivity (Wildman–Crippen MR) is 117 cm³/mol. The Balaban J connectivity index is 1.34. The van der Waals surface area contributed by atoms with Crippen LogP contribution in [0.25, 0.3) is 16.9 Å². The van der Waals surface area contributed by atoms with Gasteiger partial charge in [0.15, 0.2) is 5.82 Å². The van der Waals surface area contributed by atoms with E-state index in [-0.39, 0.29) is 17.8 Å². The van der Waals surface area contributed by atoms with Gasteiger partial charge in [-0.1, -0.05) is 6.92 Å². The Hall–Kier alpha value is -3.00. The number of halogens is 1. The second kappa shape index (κ2) is 7.92. The van der Waals surface area contributed by atoms with Gasteiger partial charge in [-0.2, -0.15) is 0 Å². The summed E-state index contributed by atoms with van der Waals surface area (Å²) < 4.78 is 17.0. The van der Waals surface area contributed by atoms with Gasteiger partial charge in [-0.05, 0) is 49.4 Å². The minimum Gasteiger partial charge on any atom is -0.507 e. The Labute approximate surface area is 180 Å². The first kappa shape index (κ1) is 19.9.